The van der Waals surface area contributed by atoms with E-state index in [1.165, 1.54) is 10.9 Å². The average Bonchev–Trinajstić information content (AvgIpc) is 3.28. The molecule has 2 heterocycles. The number of hydrogen-bond donors (Lipinski definition) is 4. The van der Waals surface area contributed by atoms with Crippen molar-refractivity contribution in [2.75, 3.05) is 20.2 Å². The highest BCUT2D eigenvalue weighted by Crippen LogP contribution is 2.52. The summed E-state index contributed by atoms with van der Waals surface area (Å²) in [6.45, 7) is 7.26. The SMILES string of the molecule is CO[C@@H]1[C@H](O)CC[C@]2(O)CN(CCc3c[nH]c4ccccc34)[C@](C)([C@H](O)CC=C(C)C)[C@@H]12. The molecule has 2 aromatic rings. The number of benzene rings is 1. The fourth-order valence-electron chi connectivity index (χ4n) is 6.21. The van der Waals surface area contributed by atoms with Crippen LogP contribution in [0, 0.1) is 5.92 Å². The third kappa shape index (κ3) is 3.93. The zero-order valence-electron chi connectivity index (χ0n) is 19.7. The topological polar surface area (TPSA) is 89.0 Å². The maximum Gasteiger partial charge on any atom is 0.0904 e. The molecule has 6 nitrogen and oxygen atoms in total. The number of likely N-dealkylation sites (tertiary alicyclic amines) is 1. The molecule has 1 aromatic carbocycles. The van der Waals surface area contributed by atoms with Crippen molar-refractivity contribution in [1.29, 1.82) is 0 Å². The number of ether oxygens (including phenoxy) is 1. The molecule has 0 amide bonds. The lowest BCUT2D eigenvalue weighted by atomic mass is 9.65. The van der Waals surface area contributed by atoms with E-state index in [-0.39, 0.29) is 5.92 Å². The van der Waals surface area contributed by atoms with Gasteiger partial charge in [0.1, 0.15) is 0 Å². The van der Waals surface area contributed by atoms with Crippen molar-refractivity contribution in [3.63, 3.8) is 0 Å². The Kier molecular flexibility index (Phi) is 6.54. The highest BCUT2D eigenvalue weighted by molar-refractivity contribution is 5.83. The number of aliphatic hydroxyl groups is 3. The number of methoxy groups -OCH3 is 1. The van der Waals surface area contributed by atoms with Crippen LogP contribution in [0.2, 0.25) is 0 Å². The molecule has 1 aliphatic heterocycles. The zero-order valence-corrected chi connectivity index (χ0v) is 19.7. The maximum atomic E-state index is 11.7. The Bertz CT molecular complexity index is 968. The Labute approximate surface area is 190 Å². The predicted molar refractivity (Wildman–Crippen MR) is 127 cm³/mol. The lowest BCUT2D eigenvalue weighted by Crippen LogP contribution is -2.63. The smallest absolute Gasteiger partial charge is 0.0904 e. The van der Waals surface area contributed by atoms with E-state index in [1.807, 2.05) is 39.0 Å². The molecule has 1 aromatic heterocycles. The Morgan fingerprint density at radius 3 is 2.81 bits per heavy atom. The van der Waals surface area contributed by atoms with Gasteiger partial charge in [-0.15, -0.1) is 0 Å². The van der Waals surface area contributed by atoms with Crippen molar-refractivity contribution < 1.29 is 20.1 Å². The summed E-state index contributed by atoms with van der Waals surface area (Å²) in [7, 11) is 1.59. The number of aromatic nitrogens is 1. The number of rotatable bonds is 7. The number of para-hydroxylation sites is 1. The Balaban J connectivity index is 1.66. The van der Waals surface area contributed by atoms with Gasteiger partial charge in [0.15, 0.2) is 0 Å². The summed E-state index contributed by atoms with van der Waals surface area (Å²) in [6, 6.07) is 8.27. The van der Waals surface area contributed by atoms with E-state index in [0.717, 1.165) is 17.5 Å². The van der Waals surface area contributed by atoms with Crippen LogP contribution < -0.4 is 0 Å². The second-order valence-corrected chi connectivity index (χ2v) is 10.2. The number of fused-ring (bicyclic) bond motifs is 2. The van der Waals surface area contributed by atoms with Gasteiger partial charge < -0.3 is 25.0 Å². The summed E-state index contributed by atoms with van der Waals surface area (Å²) >= 11 is 0. The summed E-state index contributed by atoms with van der Waals surface area (Å²) in [4.78, 5) is 5.58. The largest absolute Gasteiger partial charge is 0.391 e. The molecule has 0 unspecified atom stereocenters. The molecule has 2 aliphatic rings. The second-order valence-electron chi connectivity index (χ2n) is 10.2. The van der Waals surface area contributed by atoms with E-state index in [0.29, 0.717) is 32.4 Å². The van der Waals surface area contributed by atoms with Gasteiger partial charge in [-0.05, 0) is 58.1 Å². The van der Waals surface area contributed by atoms with E-state index in [4.69, 9.17) is 4.74 Å². The van der Waals surface area contributed by atoms with Crippen molar-refractivity contribution in [2.45, 2.75) is 75.9 Å². The summed E-state index contributed by atoms with van der Waals surface area (Å²) in [5.41, 5.74) is 1.77. The van der Waals surface area contributed by atoms with Crippen LogP contribution >= 0.6 is 0 Å². The van der Waals surface area contributed by atoms with Crippen LogP contribution in [0.3, 0.4) is 0 Å². The van der Waals surface area contributed by atoms with Crippen molar-refractivity contribution in [3.05, 3.63) is 47.7 Å². The van der Waals surface area contributed by atoms with Gasteiger partial charge in [0.25, 0.3) is 0 Å². The first-order valence-corrected chi connectivity index (χ1v) is 11.8. The molecule has 1 aliphatic carbocycles. The minimum atomic E-state index is -0.999. The number of nitrogens with one attached hydrogen (secondary N) is 1. The van der Waals surface area contributed by atoms with Crippen molar-refractivity contribution >= 4 is 10.9 Å². The molecule has 4 rings (SSSR count). The van der Waals surface area contributed by atoms with Crippen LogP contribution in [0.1, 0.15) is 45.6 Å². The molecule has 1 saturated heterocycles. The summed E-state index contributed by atoms with van der Waals surface area (Å²) in [5, 5.41) is 35.1. The van der Waals surface area contributed by atoms with Crippen LogP contribution in [0.4, 0.5) is 0 Å². The van der Waals surface area contributed by atoms with Gasteiger partial charge in [-0.2, -0.15) is 0 Å². The Hall–Kier alpha value is -1.70. The molecule has 2 fully saturated rings. The molecule has 0 radical (unpaired) electrons. The van der Waals surface area contributed by atoms with Crippen LogP contribution in [-0.2, 0) is 11.2 Å². The fourth-order valence-corrected chi connectivity index (χ4v) is 6.21. The lowest BCUT2D eigenvalue weighted by molar-refractivity contribution is -0.169. The molecule has 1 saturated carbocycles. The number of allylic oxidation sites excluding steroid dienone is 1. The first-order chi connectivity index (χ1) is 15.2. The molecule has 176 valence electrons. The maximum absolute atomic E-state index is 11.7. The van der Waals surface area contributed by atoms with Gasteiger partial charge in [-0.3, -0.25) is 4.90 Å². The van der Waals surface area contributed by atoms with E-state index in [2.05, 4.69) is 28.2 Å². The van der Waals surface area contributed by atoms with E-state index in [1.54, 1.807) is 7.11 Å². The van der Waals surface area contributed by atoms with Gasteiger partial charge in [-0.1, -0.05) is 29.8 Å². The third-order valence-electron chi connectivity index (χ3n) is 7.96. The van der Waals surface area contributed by atoms with Crippen molar-refractivity contribution in [3.8, 4) is 0 Å². The summed E-state index contributed by atoms with van der Waals surface area (Å²) in [6.07, 6.45) is 4.57. The van der Waals surface area contributed by atoms with Crippen LogP contribution in [-0.4, -0.2) is 74.9 Å². The number of H-pyrrole nitrogens is 1. The Morgan fingerprint density at radius 2 is 2.09 bits per heavy atom. The Morgan fingerprint density at radius 1 is 1.34 bits per heavy atom. The van der Waals surface area contributed by atoms with Gasteiger partial charge in [0.05, 0.1) is 29.5 Å². The highest BCUT2D eigenvalue weighted by Gasteiger charge is 2.65. The fraction of sp³-hybridized carbons (Fsp3) is 0.615. The first kappa shape index (κ1) is 23.5. The van der Waals surface area contributed by atoms with Gasteiger partial charge in [0.2, 0.25) is 0 Å². The average molecular weight is 443 g/mol. The molecule has 4 N–H and O–H groups in total. The molecule has 6 heteroatoms. The van der Waals surface area contributed by atoms with Gasteiger partial charge in [0, 0.05) is 43.2 Å². The van der Waals surface area contributed by atoms with Crippen LogP contribution in [0.15, 0.2) is 42.1 Å². The van der Waals surface area contributed by atoms with Gasteiger partial charge >= 0.3 is 0 Å². The first-order valence-electron chi connectivity index (χ1n) is 11.8. The monoisotopic (exact) mass is 442 g/mol. The predicted octanol–water partition coefficient (Wildman–Crippen LogP) is 3.02. The second kappa shape index (κ2) is 8.92. The number of aromatic amines is 1. The van der Waals surface area contributed by atoms with Crippen LogP contribution in [0.5, 0.6) is 0 Å². The van der Waals surface area contributed by atoms with E-state index in [9.17, 15) is 15.3 Å². The normalized spacial score (nSPS) is 33.9. The summed E-state index contributed by atoms with van der Waals surface area (Å²) < 4.78 is 5.74. The van der Waals surface area contributed by atoms with E-state index >= 15 is 0 Å². The van der Waals surface area contributed by atoms with Crippen molar-refractivity contribution in [1.82, 2.24) is 9.88 Å². The number of aliphatic hydroxyl groups excluding tert-OH is 2. The molecule has 32 heavy (non-hydrogen) atoms. The molecular weight excluding hydrogens is 404 g/mol. The standard InChI is InChI=1S/C26H38N2O4/c1-17(2)9-10-22(30)25(3)24-23(32-4)21(29)11-13-26(24,31)16-28(25)14-12-18-15-27-20-8-6-5-7-19(18)20/h5-9,15,21-24,27,29-31H,10-14,16H2,1-4H3/t21-,22-,23-,24-,25-,26+/m1/s1. The lowest BCUT2D eigenvalue weighted by Gasteiger charge is -2.50. The van der Waals surface area contributed by atoms with Crippen LogP contribution in [0.25, 0.3) is 10.9 Å². The number of β-amino-alcohol motifs (C(OH)–C–C–N with tert-alkyl or cyclic N) is 1. The highest BCUT2D eigenvalue weighted by atomic mass is 16.5. The van der Waals surface area contributed by atoms with E-state index < -0.39 is 29.5 Å². The molecular formula is C26H38N2O4. The molecule has 0 bridgehead atoms. The zero-order chi connectivity index (χ0) is 23.1. The quantitative estimate of drug-likeness (QED) is 0.495. The molecule has 0 spiro atoms. The third-order valence-corrected chi connectivity index (χ3v) is 7.96. The molecule has 6 atom stereocenters. The van der Waals surface area contributed by atoms with Gasteiger partial charge in [-0.25, -0.2) is 0 Å². The van der Waals surface area contributed by atoms with Crippen molar-refractivity contribution in [2.24, 2.45) is 5.92 Å². The summed E-state index contributed by atoms with van der Waals surface area (Å²) in [5.74, 6) is -0.382. The minimum absolute atomic E-state index is 0.382. The number of hydrogen-bond acceptors (Lipinski definition) is 5. The number of nitrogens with zero attached hydrogens (tertiary/aromatic N) is 1. The minimum Gasteiger partial charge on any atom is -0.391 e.